The summed E-state index contributed by atoms with van der Waals surface area (Å²) in [6.45, 7) is 0.284. The van der Waals surface area contributed by atoms with Gasteiger partial charge in [-0.15, -0.1) is 0 Å². The van der Waals surface area contributed by atoms with Crippen molar-refractivity contribution >= 4 is 11.6 Å². The zero-order valence-electron chi connectivity index (χ0n) is 13.1. The number of halogens is 2. The minimum atomic E-state index is -1.02. The van der Waals surface area contributed by atoms with Gasteiger partial charge in [0.05, 0.1) is 11.4 Å². The molecule has 1 aromatic carbocycles. The molecule has 0 unspecified atom stereocenters. The molecule has 0 spiro atoms. The van der Waals surface area contributed by atoms with Gasteiger partial charge in [-0.2, -0.15) is 0 Å². The molecule has 0 saturated carbocycles. The maximum atomic E-state index is 14.3. The molecule has 1 amide bonds. The molecule has 3 aromatic rings. The molecule has 5 nitrogen and oxygen atoms in total. The summed E-state index contributed by atoms with van der Waals surface area (Å²) in [5.41, 5.74) is 1.54. The van der Waals surface area contributed by atoms with E-state index in [4.69, 9.17) is 4.52 Å². The maximum absolute atomic E-state index is 14.3. The van der Waals surface area contributed by atoms with E-state index >= 15 is 0 Å². The summed E-state index contributed by atoms with van der Waals surface area (Å²) in [6, 6.07) is 9.32. The van der Waals surface area contributed by atoms with Crippen LogP contribution in [0.2, 0.25) is 0 Å². The van der Waals surface area contributed by atoms with Crippen molar-refractivity contribution in [3.8, 4) is 11.4 Å². The standard InChI is InChI=1S/C18H13F2N3O2/c19-12-7-6-11-4-3-9-23(17(11)16(12)20)18(24)15-10-14(22-25-15)13-5-1-2-8-21-13/h1-2,5-8,10H,3-4,9H2. The maximum Gasteiger partial charge on any atom is 0.296 e. The molecule has 3 heterocycles. The molecule has 0 radical (unpaired) electrons. The molecule has 7 heteroatoms. The quantitative estimate of drug-likeness (QED) is 0.714. The van der Waals surface area contributed by atoms with E-state index in [0.29, 0.717) is 29.8 Å². The normalized spacial score (nSPS) is 13.6. The van der Waals surface area contributed by atoms with Crippen LogP contribution in [-0.2, 0) is 6.42 Å². The second-order valence-corrected chi connectivity index (χ2v) is 5.72. The van der Waals surface area contributed by atoms with Gasteiger partial charge in [-0.05, 0) is 36.6 Å². The number of aryl methyl sites for hydroxylation is 1. The molecule has 4 rings (SSSR count). The highest BCUT2D eigenvalue weighted by atomic mass is 19.2. The average Bonchev–Trinajstić information content (AvgIpc) is 3.15. The number of benzene rings is 1. The van der Waals surface area contributed by atoms with E-state index in [0.717, 1.165) is 6.07 Å². The fourth-order valence-electron chi connectivity index (χ4n) is 2.96. The zero-order valence-corrected chi connectivity index (χ0v) is 13.1. The third-order valence-electron chi connectivity index (χ3n) is 4.14. The fraction of sp³-hybridized carbons (Fsp3) is 0.167. The number of aromatic nitrogens is 2. The van der Waals surface area contributed by atoms with Crippen molar-refractivity contribution in [3.05, 3.63) is 65.6 Å². The molecule has 0 fully saturated rings. The van der Waals surface area contributed by atoms with Crippen LogP contribution < -0.4 is 4.90 Å². The summed E-state index contributed by atoms with van der Waals surface area (Å²) in [5.74, 6) is -2.60. The minimum Gasteiger partial charge on any atom is -0.350 e. The monoisotopic (exact) mass is 341 g/mol. The lowest BCUT2D eigenvalue weighted by Crippen LogP contribution is -2.36. The van der Waals surface area contributed by atoms with Crippen molar-refractivity contribution in [2.75, 3.05) is 11.4 Å². The summed E-state index contributed by atoms with van der Waals surface area (Å²) >= 11 is 0. The first-order valence-corrected chi connectivity index (χ1v) is 7.82. The van der Waals surface area contributed by atoms with Crippen molar-refractivity contribution < 1.29 is 18.1 Å². The number of carbonyl (C=O) groups is 1. The SMILES string of the molecule is O=C(c1cc(-c2ccccn2)no1)N1CCCc2ccc(F)c(F)c21. The van der Waals surface area contributed by atoms with E-state index in [1.165, 1.54) is 17.0 Å². The van der Waals surface area contributed by atoms with Gasteiger partial charge in [0.25, 0.3) is 5.91 Å². The first-order chi connectivity index (χ1) is 12.1. The Morgan fingerprint density at radius 2 is 2.04 bits per heavy atom. The highest BCUT2D eigenvalue weighted by molar-refractivity contribution is 6.05. The first kappa shape index (κ1) is 15.4. The number of fused-ring (bicyclic) bond motifs is 1. The van der Waals surface area contributed by atoms with Crippen molar-refractivity contribution in [2.45, 2.75) is 12.8 Å². The number of amides is 1. The second kappa shape index (κ2) is 6.08. The molecule has 2 aromatic heterocycles. The number of rotatable bonds is 2. The molecule has 126 valence electrons. The Hall–Kier alpha value is -3.09. The Balaban J connectivity index is 1.70. The Bertz CT molecular complexity index is 941. The molecule has 25 heavy (non-hydrogen) atoms. The van der Waals surface area contributed by atoms with Crippen LogP contribution in [0.3, 0.4) is 0 Å². The van der Waals surface area contributed by atoms with Crippen LogP contribution in [0.25, 0.3) is 11.4 Å². The lowest BCUT2D eigenvalue weighted by Gasteiger charge is -2.29. The number of nitrogens with zero attached hydrogens (tertiary/aromatic N) is 3. The van der Waals surface area contributed by atoms with Crippen LogP contribution in [0.5, 0.6) is 0 Å². The Morgan fingerprint density at radius 3 is 2.84 bits per heavy atom. The van der Waals surface area contributed by atoms with Gasteiger partial charge < -0.3 is 9.42 Å². The molecular weight excluding hydrogens is 328 g/mol. The van der Waals surface area contributed by atoms with E-state index in [2.05, 4.69) is 10.1 Å². The number of hydrogen-bond donors (Lipinski definition) is 0. The third kappa shape index (κ3) is 2.67. The van der Waals surface area contributed by atoms with Crippen LogP contribution in [0.1, 0.15) is 22.5 Å². The van der Waals surface area contributed by atoms with E-state index in [1.54, 1.807) is 24.4 Å². The molecule has 1 aliphatic rings. The van der Waals surface area contributed by atoms with Crippen LogP contribution >= 0.6 is 0 Å². The molecule has 0 saturated heterocycles. The van der Waals surface area contributed by atoms with E-state index in [9.17, 15) is 13.6 Å². The van der Waals surface area contributed by atoms with E-state index < -0.39 is 17.5 Å². The molecule has 0 atom stereocenters. The zero-order chi connectivity index (χ0) is 17.4. The number of pyridine rings is 1. The summed E-state index contributed by atoms with van der Waals surface area (Å²) in [4.78, 5) is 18.1. The third-order valence-corrected chi connectivity index (χ3v) is 4.14. The highest BCUT2D eigenvalue weighted by Crippen LogP contribution is 2.33. The molecule has 0 bridgehead atoms. The van der Waals surface area contributed by atoms with Crippen LogP contribution in [0.4, 0.5) is 14.5 Å². The predicted octanol–water partition coefficient (Wildman–Crippen LogP) is 3.61. The van der Waals surface area contributed by atoms with Gasteiger partial charge in [-0.25, -0.2) is 8.78 Å². The van der Waals surface area contributed by atoms with Crippen molar-refractivity contribution in [1.82, 2.24) is 10.1 Å². The molecule has 0 N–H and O–H groups in total. The Labute approximate surface area is 141 Å². The molecule has 0 aliphatic carbocycles. The smallest absolute Gasteiger partial charge is 0.296 e. The lowest BCUT2D eigenvalue weighted by atomic mass is 10.0. The van der Waals surface area contributed by atoms with Crippen LogP contribution in [0, 0.1) is 11.6 Å². The topological polar surface area (TPSA) is 59.2 Å². The fourth-order valence-corrected chi connectivity index (χ4v) is 2.96. The summed E-state index contributed by atoms with van der Waals surface area (Å²) in [5, 5.41) is 3.85. The van der Waals surface area contributed by atoms with Gasteiger partial charge in [-0.1, -0.05) is 17.3 Å². The van der Waals surface area contributed by atoms with Crippen molar-refractivity contribution in [1.29, 1.82) is 0 Å². The summed E-state index contributed by atoms with van der Waals surface area (Å²) in [6.07, 6.45) is 2.85. The van der Waals surface area contributed by atoms with Crippen molar-refractivity contribution in [3.63, 3.8) is 0 Å². The van der Waals surface area contributed by atoms with E-state index in [1.807, 2.05) is 0 Å². The van der Waals surface area contributed by atoms with Crippen molar-refractivity contribution in [2.24, 2.45) is 0 Å². The summed E-state index contributed by atoms with van der Waals surface area (Å²) in [7, 11) is 0. The van der Waals surface area contributed by atoms with Gasteiger partial charge in [0.2, 0.25) is 5.76 Å². The van der Waals surface area contributed by atoms with Gasteiger partial charge >= 0.3 is 0 Å². The largest absolute Gasteiger partial charge is 0.350 e. The lowest BCUT2D eigenvalue weighted by molar-refractivity contribution is 0.0948. The number of anilines is 1. The summed E-state index contributed by atoms with van der Waals surface area (Å²) < 4.78 is 33.0. The van der Waals surface area contributed by atoms with Crippen LogP contribution in [0.15, 0.2) is 47.1 Å². The van der Waals surface area contributed by atoms with E-state index in [-0.39, 0.29) is 18.0 Å². The highest BCUT2D eigenvalue weighted by Gasteiger charge is 2.30. The number of hydrogen-bond acceptors (Lipinski definition) is 4. The second-order valence-electron chi connectivity index (χ2n) is 5.72. The average molecular weight is 341 g/mol. The Morgan fingerprint density at radius 1 is 1.16 bits per heavy atom. The number of carbonyl (C=O) groups excluding carboxylic acids is 1. The van der Waals surface area contributed by atoms with Gasteiger partial charge in [0, 0.05) is 18.8 Å². The van der Waals surface area contributed by atoms with Crippen LogP contribution in [-0.4, -0.2) is 22.6 Å². The van der Waals surface area contributed by atoms with Gasteiger partial charge in [0.15, 0.2) is 11.6 Å². The first-order valence-electron chi connectivity index (χ1n) is 7.82. The molecule has 1 aliphatic heterocycles. The van der Waals surface area contributed by atoms with Gasteiger partial charge in [0.1, 0.15) is 5.69 Å². The molecular formula is C18H13F2N3O2. The minimum absolute atomic E-state index is 0.0213. The van der Waals surface area contributed by atoms with Gasteiger partial charge in [-0.3, -0.25) is 9.78 Å². The predicted molar refractivity (Wildman–Crippen MR) is 86.1 cm³/mol. The Kier molecular flexibility index (Phi) is 3.76.